The minimum Gasteiger partial charge on any atom is -0.362 e. The quantitative estimate of drug-likeness (QED) is 0.662. The molecule has 0 spiro atoms. The van der Waals surface area contributed by atoms with Crippen molar-refractivity contribution in [2.75, 3.05) is 11.1 Å². The standard InChI is InChI=1S/C21H24F2N4O3S/c1-12(2)21(4)19(24)27-20(3,11-31(21,29)30)15-9-14(6-7-16(15)23)26-18(28)17-8-5-13(22)10-25-17/h5-10,12H,11H2,1-4H3,(H2,24,27)(H,26,28)/t20-,21+/m0/s1. The summed E-state index contributed by atoms with van der Waals surface area (Å²) in [7, 11) is -3.81. The van der Waals surface area contributed by atoms with Crippen LogP contribution in [0.2, 0.25) is 0 Å². The molecule has 2 heterocycles. The lowest BCUT2D eigenvalue weighted by Gasteiger charge is -2.46. The SMILES string of the molecule is CC(C)[C@]1(C)C(=N)N[C@](C)(c2cc(NC(=O)c3ccc(F)cn3)ccc2F)CS1(=O)=O. The van der Waals surface area contributed by atoms with E-state index < -0.39 is 43.4 Å². The van der Waals surface area contributed by atoms with Crippen LogP contribution in [0.4, 0.5) is 14.5 Å². The van der Waals surface area contributed by atoms with Crippen LogP contribution in [0.3, 0.4) is 0 Å². The Morgan fingerprint density at radius 2 is 1.90 bits per heavy atom. The fraction of sp³-hybridized carbons (Fsp3) is 0.381. The van der Waals surface area contributed by atoms with Crippen LogP contribution in [0.15, 0.2) is 36.5 Å². The molecule has 1 saturated heterocycles. The third kappa shape index (κ3) is 3.91. The molecule has 0 aliphatic carbocycles. The van der Waals surface area contributed by atoms with E-state index in [-0.39, 0.29) is 28.7 Å². The van der Waals surface area contributed by atoms with E-state index in [1.807, 2.05) is 0 Å². The van der Waals surface area contributed by atoms with Gasteiger partial charge < -0.3 is 10.6 Å². The highest BCUT2D eigenvalue weighted by molar-refractivity contribution is 7.93. The molecule has 2 atom stereocenters. The lowest BCUT2D eigenvalue weighted by Crippen LogP contribution is -2.66. The molecule has 0 radical (unpaired) electrons. The number of halogens is 2. The molecule has 166 valence electrons. The molecule has 3 rings (SSSR count). The average molecular weight is 451 g/mol. The molecule has 1 aromatic carbocycles. The zero-order valence-electron chi connectivity index (χ0n) is 17.6. The predicted molar refractivity (Wildman–Crippen MR) is 114 cm³/mol. The van der Waals surface area contributed by atoms with Gasteiger partial charge in [0.25, 0.3) is 5.91 Å². The maximum Gasteiger partial charge on any atom is 0.274 e. The Bertz CT molecular complexity index is 1150. The number of hydrogen-bond acceptors (Lipinski definition) is 5. The molecule has 7 nitrogen and oxygen atoms in total. The van der Waals surface area contributed by atoms with E-state index in [2.05, 4.69) is 15.6 Å². The van der Waals surface area contributed by atoms with E-state index in [0.717, 1.165) is 18.3 Å². The topological polar surface area (TPSA) is 112 Å². The molecule has 0 unspecified atom stereocenters. The average Bonchev–Trinajstić information content (AvgIpc) is 2.67. The Hall–Kier alpha value is -2.88. The van der Waals surface area contributed by atoms with Crippen molar-refractivity contribution in [2.24, 2.45) is 5.92 Å². The van der Waals surface area contributed by atoms with E-state index in [1.54, 1.807) is 13.8 Å². The van der Waals surface area contributed by atoms with Crippen molar-refractivity contribution in [3.63, 3.8) is 0 Å². The van der Waals surface area contributed by atoms with Crippen LogP contribution in [-0.2, 0) is 15.4 Å². The first-order valence-corrected chi connectivity index (χ1v) is 11.3. The molecular formula is C21H24F2N4O3S. The third-order valence-corrected chi connectivity index (χ3v) is 8.83. The fourth-order valence-electron chi connectivity index (χ4n) is 3.65. The summed E-state index contributed by atoms with van der Waals surface area (Å²) in [5, 5.41) is 13.8. The van der Waals surface area contributed by atoms with Crippen molar-refractivity contribution in [1.82, 2.24) is 10.3 Å². The van der Waals surface area contributed by atoms with Crippen LogP contribution in [0, 0.1) is 23.0 Å². The number of anilines is 1. The largest absolute Gasteiger partial charge is 0.362 e. The van der Waals surface area contributed by atoms with Gasteiger partial charge >= 0.3 is 0 Å². The summed E-state index contributed by atoms with van der Waals surface area (Å²) in [5.41, 5.74) is -1.25. The van der Waals surface area contributed by atoms with Crippen molar-refractivity contribution >= 4 is 27.3 Å². The van der Waals surface area contributed by atoms with Crippen molar-refractivity contribution < 1.29 is 22.0 Å². The van der Waals surface area contributed by atoms with Crippen LogP contribution in [0.25, 0.3) is 0 Å². The van der Waals surface area contributed by atoms with Gasteiger partial charge in [-0.3, -0.25) is 10.2 Å². The van der Waals surface area contributed by atoms with Gasteiger partial charge in [0, 0.05) is 11.3 Å². The van der Waals surface area contributed by atoms with Crippen molar-refractivity contribution in [1.29, 1.82) is 5.41 Å². The van der Waals surface area contributed by atoms with E-state index >= 15 is 0 Å². The molecule has 1 amide bonds. The molecule has 1 aliphatic heterocycles. The zero-order valence-corrected chi connectivity index (χ0v) is 18.4. The van der Waals surface area contributed by atoms with Gasteiger partial charge in [0.2, 0.25) is 0 Å². The van der Waals surface area contributed by atoms with E-state index in [9.17, 15) is 22.0 Å². The second-order valence-corrected chi connectivity index (χ2v) is 10.7. The monoisotopic (exact) mass is 450 g/mol. The number of amides is 1. The second-order valence-electron chi connectivity index (χ2n) is 8.36. The van der Waals surface area contributed by atoms with Crippen LogP contribution in [0.1, 0.15) is 43.7 Å². The first-order chi connectivity index (χ1) is 14.3. The zero-order chi connectivity index (χ0) is 23.2. The Labute approximate surface area is 179 Å². The molecule has 3 N–H and O–H groups in total. The van der Waals surface area contributed by atoms with E-state index in [0.29, 0.717) is 0 Å². The van der Waals surface area contributed by atoms with Crippen molar-refractivity contribution in [3.8, 4) is 0 Å². The highest BCUT2D eigenvalue weighted by Crippen LogP contribution is 2.39. The summed E-state index contributed by atoms with van der Waals surface area (Å²) >= 11 is 0. The van der Waals surface area contributed by atoms with Gasteiger partial charge in [-0.05, 0) is 50.1 Å². The minimum atomic E-state index is -3.81. The number of nitrogens with zero attached hydrogens (tertiary/aromatic N) is 1. The molecule has 1 aliphatic rings. The smallest absolute Gasteiger partial charge is 0.274 e. The number of rotatable bonds is 4. The van der Waals surface area contributed by atoms with E-state index in [4.69, 9.17) is 5.41 Å². The summed E-state index contributed by atoms with van der Waals surface area (Å²) in [4.78, 5) is 16.1. The Morgan fingerprint density at radius 1 is 1.23 bits per heavy atom. The van der Waals surface area contributed by atoms with Gasteiger partial charge in [-0.2, -0.15) is 0 Å². The lowest BCUT2D eigenvalue weighted by molar-refractivity contribution is 0.102. The Kier molecular flexibility index (Phi) is 5.64. The first kappa shape index (κ1) is 22.8. The van der Waals surface area contributed by atoms with Gasteiger partial charge in [0.05, 0.1) is 17.5 Å². The summed E-state index contributed by atoms with van der Waals surface area (Å²) in [6, 6.07) is 6.06. The van der Waals surface area contributed by atoms with Gasteiger partial charge in [0.15, 0.2) is 9.84 Å². The lowest BCUT2D eigenvalue weighted by atomic mass is 9.88. The van der Waals surface area contributed by atoms with Gasteiger partial charge in [-0.1, -0.05) is 13.8 Å². The Morgan fingerprint density at radius 3 is 2.45 bits per heavy atom. The Balaban J connectivity index is 1.95. The maximum atomic E-state index is 14.8. The number of nitrogens with one attached hydrogen (secondary N) is 3. The number of aromatic nitrogens is 1. The maximum absolute atomic E-state index is 14.8. The summed E-state index contributed by atoms with van der Waals surface area (Å²) < 4.78 is 52.6. The molecular weight excluding hydrogens is 426 g/mol. The number of carbonyl (C=O) groups is 1. The third-order valence-electron chi connectivity index (χ3n) is 5.90. The molecule has 0 bridgehead atoms. The van der Waals surface area contributed by atoms with Crippen LogP contribution >= 0.6 is 0 Å². The number of sulfone groups is 1. The minimum absolute atomic E-state index is 0.00324. The van der Waals surface area contributed by atoms with Crippen LogP contribution in [-0.4, -0.2) is 35.6 Å². The molecule has 10 heteroatoms. The number of benzene rings is 1. The van der Waals surface area contributed by atoms with Gasteiger partial charge in [-0.25, -0.2) is 22.2 Å². The first-order valence-electron chi connectivity index (χ1n) is 9.62. The van der Waals surface area contributed by atoms with Crippen LogP contribution < -0.4 is 10.6 Å². The molecule has 2 aromatic rings. The highest BCUT2D eigenvalue weighted by atomic mass is 32.2. The second kappa shape index (κ2) is 7.67. The fourth-order valence-corrected chi connectivity index (χ4v) is 6.01. The van der Waals surface area contributed by atoms with Crippen LogP contribution in [0.5, 0.6) is 0 Å². The number of hydrogen-bond donors (Lipinski definition) is 3. The molecule has 0 saturated carbocycles. The van der Waals surface area contributed by atoms with E-state index in [1.165, 1.54) is 32.0 Å². The number of carbonyl (C=O) groups excluding carboxylic acids is 1. The molecule has 1 aromatic heterocycles. The molecule has 31 heavy (non-hydrogen) atoms. The van der Waals surface area contributed by atoms with Gasteiger partial charge in [0.1, 0.15) is 27.9 Å². The van der Waals surface area contributed by atoms with Gasteiger partial charge in [-0.15, -0.1) is 0 Å². The van der Waals surface area contributed by atoms with Crippen molar-refractivity contribution in [2.45, 2.75) is 38.0 Å². The normalized spacial score (nSPS) is 25.2. The highest BCUT2D eigenvalue weighted by Gasteiger charge is 2.55. The summed E-state index contributed by atoms with van der Waals surface area (Å²) in [5.74, 6) is -2.89. The number of pyridine rings is 1. The molecule has 1 fully saturated rings. The summed E-state index contributed by atoms with van der Waals surface area (Å²) in [6.07, 6.45) is 0.903. The van der Waals surface area contributed by atoms with Crippen molar-refractivity contribution in [3.05, 3.63) is 59.4 Å². The predicted octanol–water partition coefficient (Wildman–Crippen LogP) is 3.24. The number of amidine groups is 1. The summed E-state index contributed by atoms with van der Waals surface area (Å²) in [6.45, 7) is 6.43.